The lowest BCUT2D eigenvalue weighted by atomic mass is 9.98. The molecule has 0 spiro atoms. The Kier molecular flexibility index (Phi) is 9.03. The fourth-order valence-corrected chi connectivity index (χ4v) is 2.26. The van der Waals surface area contributed by atoms with Gasteiger partial charge in [0.2, 0.25) is 0 Å². The van der Waals surface area contributed by atoms with Gasteiger partial charge in [-0.05, 0) is 30.9 Å². The summed E-state index contributed by atoms with van der Waals surface area (Å²) in [6.07, 6.45) is 5.16. The maximum atomic E-state index is 12.4. The molecule has 0 aromatic heterocycles. The first kappa shape index (κ1) is 19.2. The highest BCUT2D eigenvalue weighted by Crippen LogP contribution is 2.19. The Bertz CT molecular complexity index is 508. The molecule has 0 aliphatic heterocycles. The van der Waals surface area contributed by atoms with Crippen LogP contribution in [0.25, 0.3) is 0 Å². The molecular formula is C19H28O4. The quantitative estimate of drug-likeness (QED) is 0.469. The van der Waals surface area contributed by atoms with E-state index in [2.05, 4.69) is 0 Å². The number of aryl methyl sites for hydroxylation is 1. The fraction of sp³-hybridized carbons (Fsp3) is 0.579. The number of unbranched alkanes of at least 4 members (excludes halogenated alkanes) is 2. The molecule has 0 N–H and O–H groups in total. The molecule has 128 valence electrons. The second-order valence-electron chi connectivity index (χ2n) is 5.57. The van der Waals surface area contributed by atoms with Crippen molar-refractivity contribution < 1.29 is 19.1 Å². The molecule has 1 aromatic carbocycles. The lowest BCUT2D eigenvalue weighted by Gasteiger charge is -2.13. The van der Waals surface area contributed by atoms with Crippen LogP contribution in [0.15, 0.2) is 18.2 Å². The molecule has 0 fully saturated rings. The number of ether oxygens (including phenoxy) is 2. The lowest BCUT2D eigenvalue weighted by molar-refractivity contribution is 0.0451. The van der Waals surface area contributed by atoms with E-state index in [1.54, 1.807) is 12.1 Å². The van der Waals surface area contributed by atoms with Gasteiger partial charge in [0.15, 0.2) is 0 Å². The van der Waals surface area contributed by atoms with Gasteiger partial charge in [-0.3, -0.25) is 0 Å². The van der Waals surface area contributed by atoms with Crippen molar-refractivity contribution in [1.29, 1.82) is 0 Å². The molecule has 0 saturated heterocycles. The van der Waals surface area contributed by atoms with E-state index in [1.807, 2.05) is 26.8 Å². The van der Waals surface area contributed by atoms with E-state index < -0.39 is 11.9 Å². The van der Waals surface area contributed by atoms with Crippen molar-refractivity contribution >= 4 is 11.9 Å². The third-order valence-corrected chi connectivity index (χ3v) is 3.56. The molecule has 4 nitrogen and oxygen atoms in total. The first-order valence-corrected chi connectivity index (χ1v) is 8.61. The maximum Gasteiger partial charge on any atom is 0.339 e. The summed E-state index contributed by atoms with van der Waals surface area (Å²) in [4.78, 5) is 24.7. The summed E-state index contributed by atoms with van der Waals surface area (Å²) in [5.74, 6) is -0.871. The van der Waals surface area contributed by atoms with E-state index in [4.69, 9.17) is 9.47 Å². The second kappa shape index (κ2) is 10.8. The Morgan fingerprint density at radius 3 is 2.04 bits per heavy atom. The molecule has 0 aliphatic rings. The van der Waals surface area contributed by atoms with E-state index in [1.165, 1.54) is 0 Å². The predicted molar refractivity (Wildman–Crippen MR) is 90.8 cm³/mol. The summed E-state index contributed by atoms with van der Waals surface area (Å²) in [5, 5.41) is 0. The van der Waals surface area contributed by atoms with Crippen LogP contribution in [0.1, 0.15) is 79.2 Å². The Morgan fingerprint density at radius 1 is 0.870 bits per heavy atom. The third kappa shape index (κ3) is 6.05. The Morgan fingerprint density at radius 2 is 1.48 bits per heavy atom. The van der Waals surface area contributed by atoms with Gasteiger partial charge in [0.05, 0.1) is 24.3 Å². The molecule has 0 bridgehead atoms. The maximum absolute atomic E-state index is 12.4. The zero-order valence-corrected chi connectivity index (χ0v) is 14.5. The number of hydrogen-bond donors (Lipinski definition) is 0. The summed E-state index contributed by atoms with van der Waals surface area (Å²) in [7, 11) is 0. The van der Waals surface area contributed by atoms with Crippen molar-refractivity contribution in [2.24, 2.45) is 0 Å². The zero-order chi connectivity index (χ0) is 17.1. The minimum absolute atomic E-state index is 0.313. The first-order chi connectivity index (χ1) is 11.2. The van der Waals surface area contributed by atoms with Gasteiger partial charge >= 0.3 is 11.9 Å². The number of carbonyl (C=O) groups is 2. The highest BCUT2D eigenvalue weighted by molar-refractivity contribution is 6.04. The standard InChI is InChI=1S/C19H28O4/c1-4-7-13-22-18(20)16-12-9-11-15(10-6-3)17(16)19(21)23-14-8-5-2/h9,11-12H,4-8,10,13-14H2,1-3H3. The van der Waals surface area contributed by atoms with Crippen LogP contribution in [0.2, 0.25) is 0 Å². The Labute approximate surface area is 139 Å². The minimum atomic E-state index is -0.446. The average Bonchev–Trinajstić information content (AvgIpc) is 2.55. The first-order valence-electron chi connectivity index (χ1n) is 8.61. The van der Waals surface area contributed by atoms with Gasteiger partial charge in [-0.25, -0.2) is 9.59 Å². The van der Waals surface area contributed by atoms with Crippen molar-refractivity contribution in [3.8, 4) is 0 Å². The van der Waals surface area contributed by atoms with Crippen LogP contribution in [0.3, 0.4) is 0 Å². The molecule has 0 radical (unpaired) electrons. The van der Waals surface area contributed by atoms with Gasteiger partial charge in [0, 0.05) is 0 Å². The van der Waals surface area contributed by atoms with Crippen LogP contribution in [-0.4, -0.2) is 25.2 Å². The smallest absolute Gasteiger partial charge is 0.339 e. The van der Waals surface area contributed by atoms with Crippen LogP contribution >= 0.6 is 0 Å². The van der Waals surface area contributed by atoms with Crippen LogP contribution in [0.5, 0.6) is 0 Å². The summed E-state index contributed by atoms with van der Waals surface area (Å²) < 4.78 is 10.6. The fourth-order valence-electron chi connectivity index (χ4n) is 2.26. The SMILES string of the molecule is CCCCOC(=O)c1cccc(CCC)c1C(=O)OCCCC. The Balaban J connectivity index is 3.01. The van der Waals surface area contributed by atoms with Crippen molar-refractivity contribution in [3.05, 3.63) is 34.9 Å². The normalized spacial score (nSPS) is 10.4. The highest BCUT2D eigenvalue weighted by atomic mass is 16.5. The number of esters is 2. The molecule has 1 rings (SSSR count). The van der Waals surface area contributed by atoms with E-state index in [-0.39, 0.29) is 0 Å². The molecule has 0 aliphatic carbocycles. The molecule has 1 aromatic rings. The second-order valence-corrected chi connectivity index (χ2v) is 5.57. The van der Waals surface area contributed by atoms with E-state index in [9.17, 15) is 9.59 Å². The molecule has 0 atom stereocenters. The van der Waals surface area contributed by atoms with Crippen molar-refractivity contribution in [2.45, 2.75) is 59.3 Å². The monoisotopic (exact) mass is 320 g/mol. The van der Waals surface area contributed by atoms with Crippen molar-refractivity contribution in [2.75, 3.05) is 13.2 Å². The summed E-state index contributed by atoms with van der Waals surface area (Å²) in [6.45, 7) is 6.86. The predicted octanol–water partition coefficient (Wildman–Crippen LogP) is 4.55. The van der Waals surface area contributed by atoms with E-state index in [0.29, 0.717) is 24.3 Å². The lowest BCUT2D eigenvalue weighted by Crippen LogP contribution is -2.17. The van der Waals surface area contributed by atoms with Gasteiger partial charge in [0.1, 0.15) is 0 Å². The van der Waals surface area contributed by atoms with Gasteiger partial charge < -0.3 is 9.47 Å². The number of hydrogen-bond acceptors (Lipinski definition) is 4. The molecule has 23 heavy (non-hydrogen) atoms. The Hall–Kier alpha value is -1.84. The zero-order valence-electron chi connectivity index (χ0n) is 14.5. The van der Waals surface area contributed by atoms with E-state index >= 15 is 0 Å². The average molecular weight is 320 g/mol. The number of benzene rings is 1. The van der Waals surface area contributed by atoms with Gasteiger partial charge in [-0.1, -0.05) is 52.2 Å². The largest absolute Gasteiger partial charge is 0.462 e. The molecule has 0 unspecified atom stereocenters. The molecule has 0 heterocycles. The minimum Gasteiger partial charge on any atom is -0.462 e. The van der Waals surface area contributed by atoms with Crippen molar-refractivity contribution in [3.63, 3.8) is 0 Å². The van der Waals surface area contributed by atoms with Gasteiger partial charge in [-0.15, -0.1) is 0 Å². The molecule has 0 amide bonds. The third-order valence-electron chi connectivity index (χ3n) is 3.56. The molecule has 4 heteroatoms. The summed E-state index contributed by atoms with van der Waals surface area (Å²) in [6, 6.07) is 5.32. The van der Waals surface area contributed by atoms with E-state index in [0.717, 1.165) is 44.1 Å². The van der Waals surface area contributed by atoms with Crippen LogP contribution in [0.4, 0.5) is 0 Å². The summed E-state index contributed by atoms with van der Waals surface area (Å²) in [5.41, 5.74) is 1.53. The summed E-state index contributed by atoms with van der Waals surface area (Å²) >= 11 is 0. The topological polar surface area (TPSA) is 52.6 Å². The van der Waals surface area contributed by atoms with Crippen LogP contribution in [-0.2, 0) is 15.9 Å². The molecule has 0 saturated carbocycles. The number of carbonyl (C=O) groups excluding carboxylic acids is 2. The van der Waals surface area contributed by atoms with Gasteiger partial charge in [-0.2, -0.15) is 0 Å². The number of rotatable bonds is 10. The van der Waals surface area contributed by atoms with Crippen LogP contribution in [0, 0.1) is 0 Å². The van der Waals surface area contributed by atoms with Gasteiger partial charge in [0.25, 0.3) is 0 Å². The van der Waals surface area contributed by atoms with Crippen LogP contribution < -0.4 is 0 Å². The molecular weight excluding hydrogens is 292 g/mol. The van der Waals surface area contributed by atoms with Crippen molar-refractivity contribution in [1.82, 2.24) is 0 Å². The highest BCUT2D eigenvalue weighted by Gasteiger charge is 2.22.